The largest absolute Gasteiger partial charge is 0.398 e. The third kappa shape index (κ3) is 2.66. The van der Waals surface area contributed by atoms with Crippen molar-refractivity contribution in [2.24, 2.45) is 0 Å². The molecular formula is C13H16ClN3O2. The fraction of sp³-hybridized carbons (Fsp3) is 0.385. The number of amides is 2. The Bertz CT molecular complexity index is 519. The molecule has 0 radical (unpaired) electrons. The first-order chi connectivity index (χ1) is 9.04. The van der Waals surface area contributed by atoms with Crippen LogP contribution in [0.1, 0.15) is 23.2 Å². The van der Waals surface area contributed by atoms with Crippen molar-refractivity contribution < 1.29 is 9.59 Å². The van der Waals surface area contributed by atoms with Crippen molar-refractivity contribution >= 4 is 29.1 Å². The van der Waals surface area contributed by atoms with E-state index in [9.17, 15) is 9.59 Å². The molecule has 5 nitrogen and oxygen atoms in total. The van der Waals surface area contributed by atoms with Gasteiger partial charge in [-0.25, -0.2) is 0 Å². The summed E-state index contributed by atoms with van der Waals surface area (Å²) in [7, 11) is 1.57. The molecule has 0 saturated carbocycles. The van der Waals surface area contributed by atoms with Crippen LogP contribution in [0.4, 0.5) is 5.69 Å². The van der Waals surface area contributed by atoms with Crippen LogP contribution in [0.25, 0.3) is 0 Å². The maximum absolute atomic E-state index is 12.4. The number of nitrogens with two attached hydrogens (primary N) is 1. The molecule has 6 heteroatoms. The molecule has 1 fully saturated rings. The van der Waals surface area contributed by atoms with Gasteiger partial charge in [0.25, 0.3) is 5.91 Å². The molecule has 0 bridgehead atoms. The fourth-order valence-electron chi connectivity index (χ4n) is 2.33. The molecule has 102 valence electrons. The van der Waals surface area contributed by atoms with Crippen LogP contribution in [0.2, 0.25) is 5.02 Å². The molecule has 1 unspecified atom stereocenters. The monoisotopic (exact) mass is 281 g/mol. The van der Waals surface area contributed by atoms with E-state index in [4.69, 9.17) is 17.3 Å². The highest BCUT2D eigenvalue weighted by Gasteiger charge is 2.34. The summed E-state index contributed by atoms with van der Waals surface area (Å²) < 4.78 is 0. The van der Waals surface area contributed by atoms with E-state index >= 15 is 0 Å². The van der Waals surface area contributed by atoms with Crippen LogP contribution < -0.4 is 11.1 Å². The Labute approximate surface area is 116 Å². The fourth-order valence-corrected chi connectivity index (χ4v) is 2.51. The zero-order chi connectivity index (χ0) is 14.0. The molecule has 2 rings (SSSR count). The zero-order valence-corrected chi connectivity index (χ0v) is 11.4. The van der Waals surface area contributed by atoms with Crippen molar-refractivity contribution in [3.63, 3.8) is 0 Å². The first-order valence-corrected chi connectivity index (χ1v) is 6.50. The van der Waals surface area contributed by atoms with Gasteiger partial charge in [0.1, 0.15) is 6.04 Å². The molecular weight excluding hydrogens is 266 g/mol. The number of hydrogen-bond donors (Lipinski definition) is 2. The molecule has 1 aromatic rings. The number of anilines is 1. The summed E-state index contributed by atoms with van der Waals surface area (Å²) in [4.78, 5) is 25.7. The van der Waals surface area contributed by atoms with Gasteiger partial charge in [-0.05, 0) is 31.0 Å². The third-order valence-corrected chi connectivity index (χ3v) is 3.54. The SMILES string of the molecule is CNC(=O)C1CCCN1C(=O)c1ccc(Cl)cc1N. The van der Waals surface area contributed by atoms with Gasteiger partial charge in [0.2, 0.25) is 5.91 Å². The van der Waals surface area contributed by atoms with Crippen molar-refractivity contribution in [3.05, 3.63) is 28.8 Å². The van der Waals surface area contributed by atoms with Crippen LogP contribution in [-0.4, -0.2) is 36.3 Å². The minimum atomic E-state index is -0.410. The van der Waals surface area contributed by atoms with Crippen LogP contribution in [0.5, 0.6) is 0 Å². The number of nitrogens with one attached hydrogen (secondary N) is 1. The normalized spacial score (nSPS) is 18.4. The van der Waals surface area contributed by atoms with Gasteiger partial charge in [0.05, 0.1) is 5.56 Å². The second kappa shape index (κ2) is 5.48. The van der Waals surface area contributed by atoms with Gasteiger partial charge in [-0.3, -0.25) is 9.59 Å². The van der Waals surface area contributed by atoms with E-state index in [-0.39, 0.29) is 11.8 Å². The number of carbonyl (C=O) groups excluding carboxylic acids is 2. The maximum Gasteiger partial charge on any atom is 0.256 e. The molecule has 3 N–H and O–H groups in total. The van der Waals surface area contributed by atoms with Crippen LogP contribution in [0.15, 0.2) is 18.2 Å². The van der Waals surface area contributed by atoms with Crippen molar-refractivity contribution in [3.8, 4) is 0 Å². The molecule has 1 aliphatic heterocycles. The molecule has 0 aromatic heterocycles. The number of nitrogens with zero attached hydrogens (tertiary/aromatic N) is 1. The molecule has 19 heavy (non-hydrogen) atoms. The molecule has 2 amide bonds. The van der Waals surface area contributed by atoms with Crippen molar-refractivity contribution in [1.29, 1.82) is 0 Å². The Morgan fingerprint density at radius 1 is 1.47 bits per heavy atom. The van der Waals surface area contributed by atoms with Crippen LogP contribution in [0, 0.1) is 0 Å². The van der Waals surface area contributed by atoms with Gasteiger partial charge < -0.3 is 16.0 Å². The second-order valence-electron chi connectivity index (χ2n) is 4.50. The molecule has 1 saturated heterocycles. The molecule has 1 heterocycles. The number of hydrogen-bond acceptors (Lipinski definition) is 3. The number of rotatable bonds is 2. The first-order valence-electron chi connectivity index (χ1n) is 6.12. The number of benzene rings is 1. The van der Waals surface area contributed by atoms with E-state index in [1.54, 1.807) is 30.1 Å². The standard InChI is InChI=1S/C13H16ClN3O2/c1-16-12(18)11-3-2-6-17(11)13(19)9-5-4-8(14)7-10(9)15/h4-5,7,11H,2-3,6,15H2,1H3,(H,16,18). The van der Waals surface area contributed by atoms with Crippen LogP contribution in [-0.2, 0) is 4.79 Å². The zero-order valence-electron chi connectivity index (χ0n) is 10.6. The predicted molar refractivity (Wildman–Crippen MR) is 74.0 cm³/mol. The number of likely N-dealkylation sites (tertiary alicyclic amines) is 1. The van der Waals surface area contributed by atoms with Gasteiger partial charge in [-0.15, -0.1) is 0 Å². The van der Waals surface area contributed by atoms with E-state index < -0.39 is 6.04 Å². The third-order valence-electron chi connectivity index (χ3n) is 3.31. The Morgan fingerprint density at radius 2 is 2.21 bits per heavy atom. The van der Waals surface area contributed by atoms with Gasteiger partial charge in [0, 0.05) is 24.3 Å². The van der Waals surface area contributed by atoms with Crippen molar-refractivity contribution in [2.75, 3.05) is 19.3 Å². The maximum atomic E-state index is 12.4. The van der Waals surface area contributed by atoms with E-state index in [1.165, 1.54) is 0 Å². The van der Waals surface area contributed by atoms with Gasteiger partial charge >= 0.3 is 0 Å². The lowest BCUT2D eigenvalue weighted by molar-refractivity contribution is -0.124. The molecule has 0 aliphatic carbocycles. The summed E-state index contributed by atoms with van der Waals surface area (Å²) >= 11 is 5.81. The quantitative estimate of drug-likeness (QED) is 0.802. The summed E-state index contributed by atoms with van der Waals surface area (Å²) in [6.07, 6.45) is 1.50. The lowest BCUT2D eigenvalue weighted by atomic mass is 10.1. The molecule has 1 atom stereocenters. The van der Waals surface area contributed by atoms with Gasteiger partial charge in [0.15, 0.2) is 0 Å². The summed E-state index contributed by atoms with van der Waals surface area (Å²) in [5, 5.41) is 3.07. The molecule has 1 aliphatic rings. The smallest absolute Gasteiger partial charge is 0.256 e. The second-order valence-corrected chi connectivity index (χ2v) is 4.94. The summed E-state index contributed by atoms with van der Waals surface area (Å²) in [5.41, 5.74) is 6.53. The van der Waals surface area contributed by atoms with Crippen LogP contribution >= 0.6 is 11.6 Å². The van der Waals surface area contributed by atoms with Crippen molar-refractivity contribution in [2.45, 2.75) is 18.9 Å². The van der Waals surface area contributed by atoms with Crippen LogP contribution in [0.3, 0.4) is 0 Å². The minimum absolute atomic E-state index is 0.140. The molecule has 1 aromatic carbocycles. The van der Waals surface area contributed by atoms with Crippen molar-refractivity contribution in [1.82, 2.24) is 10.2 Å². The average Bonchev–Trinajstić information content (AvgIpc) is 2.86. The summed E-state index contributed by atoms with van der Waals surface area (Å²) in [6.45, 7) is 0.568. The number of nitrogen functional groups attached to an aromatic ring is 1. The van der Waals surface area contributed by atoms with E-state index in [0.29, 0.717) is 29.2 Å². The lowest BCUT2D eigenvalue weighted by Gasteiger charge is -2.24. The average molecular weight is 282 g/mol. The highest BCUT2D eigenvalue weighted by molar-refractivity contribution is 6.31. The van der Waals surface area contributed by atoms with E-state index in [0.717, 1.165) is 6.42 Å². The van der Waals surface area contributed by atoms with Gasteiger partial charge in [-0.2, -0.15) is 0 Å². The molecule has 0 spiro atoms. The number of halogens is 1. The predicted octanol–water partition coefficient (Wildman–Crippen LogP) is 1.27. The van der Waals surface area contributed by atoms with E-state index in [1.807, 2.05) is 0 Å². The number of carbonyl (C=O) groups is 2. The van der Waals surface area contributed by atoms with E-state index in [2.05, 4.69) is 5.32 Å². The van der Waals surface area contributed by atoms with Gasteiger partial charge in [-0.1, -0.05) is 11.6 Å². The Morgan fingerprint density at radius 3 is 2.84 bits per heavy atom. The Balaban J connectivity index is 2.25. The Hall–Kier alpha value is -1.75. The lowest BCUT2D eigenvalue weighted by Crippen LogP contribution is -2.45. The Kier molecular flexibility index (Phi) is 3.95. The highest BCUT2D eigenvalue weighted by atomic mass is 35.5. The summed E-state index contributed by atoms with van der Waals surface area (Å²) in [5.74, 6) is -0.362. The topological polar surface area (TPSA) is 75.4 Å². The minimum Gasteiger partial charge on any atom is -0.398 e. The number of likely N-dealkylation sites (N-methyl/N-ethyl adjacent to an activating group) is 1. The summed E-state index contributed by atoms with van der Waals surface area (Å²) in [6, 6.07) is 4.35. The first kappa shape index (κ1) is 13.7. The highest BCUT2D eigenvalue weighted by Crippen LogP contribution is 2.24.